The minimum atomic E-state index is -0.967. The van der Waals surface area contributed by atoms with Gasteiger partial charge in [-0.25, -0.2) is 4.79 Å². The number of thiocarbonyl (C=S) groups is 1. The minimum absolute atomic E-state index is 0.227. The number of carbonyl (C=O) groups is 1. The molecule has 2 aromatic carbocycles. The third-order valence-corrected chi connectivity index (χ3v) is 6.53. The van der Waals surface area contributed by atoms with Crippen LogP contribution in [0.25, 0.3) is 5.69 Å². The molecular formula is C27H24N4O4S. The maximum absolute atomic E-state index is 11.4. The zero-order valence-corrected chi connectivity index (χ0v) is 20.5. The fraction of sp³-hybridized carbons (Fsp3) is 0.148. The van der Waals surface area contributed by atoms with Crippen molar-refractivity contribution in [2.24, 2.45) is 0 Å². The second kappa shape index (κ2) is 9.71. The van der Waals surface area contributed by atoms with Crippen LogP contribution < -0.4 is 19.7 Å². The van der Waals surface area contributed by atoms with Gasteiger partial charge in [0.05, 0.1) is 37.2 Å². The second-order valence-corrected chi connectivity index (χ2v) is 8.58. The highest BCUT2D eigenvalue weighted by Crippen LogP contribution is 2.46. The molecule has 2 N–H and O–H groups in total. The van der Waals surface area contributed by atoms with Crippen molar-refractivity contribution in [3.05, 3.63) is 102 Å². The topological polar surface area (TPSA) is 88.9 Å². The third-order valence-electron chi connectivity index (χ3n) is 6.22. The molecule has 5 rings (SSSR count). The van der Waals surface area contributed by atoms with Crippen molar-refractivity contribution >= 4 is 29.0 Å². The fourth-order valence-corrected chi connectivity index (χ4v) is 4.87. The van der Waals surface area contributed by atoms with Gasteiger partial charge in [-0.1, -0.05) is 6.07 Å². The minimum Gasteiger partial charge on any atom is -0.497 e. The lowest BCUT2D eigenvalue weighted by Gasteiger charge is -2.30. The van der Waals surface area contributed by atoms with Crippen LogP contribution in [0.4, 0.5) is 5.69 Å². The van der Waals surface area contributed by atoms with Crippen molar-refractivity contribution in [1.29, 1.82) is 0 Å². The molecular weight excluding hydrogens is 476 g/mol. The number of pyridine rings is 1. The predicted molar refractivity (Wildman–Crippen MR) is 140 cm³/mol. The molecule has 1 saturated heterocycles. The standard InChI is InChI=1S/C27H24N4O4S/c1-34-19-12-13-23(35-2)22(16-19)31-25(24(29-27(31)36)20-6-3-4-14-28-20)21-7-5-15-30(21)18-10-8-17(9-11-18)26(32)33/h3-16,24-25H,1-2H3,(H,29,36)(H,32,33)/t24-,25-/m1/s1. The third kappa shape index (κ3) is 4.14. The molecule has 4 aromatic rings. The molecule has 0 radical (unpaired) electrons. The molecule has 0 saturated carbocycles. The van der Waals surface area contributed by atoms with Crippen molar-refractivity contribution in [1.82, 2.24) is 14.9 Å². The van der Waals surface area contributed by atoms with Gasteiger partial charge < -0.3 is 29.4 Å². The zero-order valence-electron chi connectivity index (χ0n) is 19.7. The Kier molecular flexibility index (Phi) is 6.30. The normalized spacial score (nSPS) is 17.1. The van der Waals surface area contributed by atoms with Crippen LogP contribution in [0.15, 0.2) is 85.2 Å². The first-order valence-corrected chi connectivity index (χ1v) is 11.7. The number of nitrogens with zero attached hydrogens (tertiary/aromatic N) is 3. The molecule has 0 spiro atoms. The van der Waals surface area contributed by atoms with E-state index in [1.165, 1.54) is 0 Å². The van der Waals surface area contributed by atoms with Crippen molar-refractivity contribution in [3.63, 3.8) is 0 Å². The summed E-state index contributed by atoms with van der Waals surface area (Å²) < 4.78 is 13.2. The van der Waals surface area contributed by atoms with Crippen molar-refractivity contribution in [2.45, 2.75) is 12.1 Å². The summed E-state index contributed by atoms with van der Waals surface area (Å²) in [5.41, 5.74) is 3.58. The van der Waals surface area contributed by atoms with Crippen LogP contribution in [-0.2, 0) is 0 Å². The van der Waals surface area contributed by atoms with Gasteiger partial charge in [-0.15, -0.1) is 0 Å². The summed E-state index contributed by atoms with van der Waals surface area (Å²) in [6, 6.07) is 21.6. The summed E-state index contributed by atoms with van der Waals surface area (Å²) in [7, 11) is 3.24. The Hall–Kier alpha value is -4.37. The summed E-state index contributed by atoms with van der Waals surface area (Å²) in [4.78, 5) is 18.0. The Morgan fingerprint density at radius 3 is 2.50 bits per heavy atom. The number of carboxylic acids is 1. The fourth-order valence-electron chi connectivity index (χ4n) is 4.53. The summed E-state index contributed by atoms with van der Waals surface area (Å²) in [6.07, 6.45) is 3.71. The monoisotopic (exact) mass is 500 g/mol. The predicted octanol–water partition coefficient (Wildman–Crippen LogP) is 4.76. The van der Waals surface area contributed by atoms with Gasteiger partial charge in [0.15, 0.2) is 5.11 Å². The Balaban J connectivity index is 1.68. The molecule has 8 nitrogen and oxygen atoms in total. The Morgan fingerprint density at radius 2 is 1.83 bits per heavy atom. The first kappa shape index (κ1) is 23.4. The number of methoxy groups -OCH3 is 2. The van der Waals surface area contributed by atoms with Gasteiger partial charge in [-0.3, -0.25) is 4.98 Å². The Bertz CT molecular complexity index is 1410. The molecule has 1 aliphatic heterocycles. The van der Waals surface area contributed by atoms with Gasteiger partial charge in [0.2, 0.25) is 0 Å². The molecule has 0 aliphatic carbocycles. The number of benzene rings is 2. The molecule has 0 amide bonds. The molecule has 1 fully saturated rings. The lowest BCUT2D eigenvalue weighted by molar-refractivity contribution is 0.0697. The van der Waals surface area contributed by atoms with E-state index >= 15 is 0 Å². The van der Waals surface area contributed by atoms with E-state index in [4.69, 9.17) is 21.7 Å². The van der Waals surface area contributed by atoms with Gasteiger partial charge >= 0.3 is 5.97 Å². The van der Waals surface area contributed by atoms with Crippen LogP contribution in [-0.4, -0.2) is 40.0 Å². The highest BCUT2D eigenvalue weighted by molar-refractivity contribution is 7.80. The van der Waals surface area contributed by atoms with Crippen LogP contribution in [0, 0.1) is 0 Å². The van der Waals surface area contributed by atoms with Crippen molar-refractivity contribution in [3.8, 4) is 17.2 Å². The highest BCUT2D eigenvalue weighted by Gasteiger charge is 2.43. The summed E-state index contributed by atoms with van der Waals surface area (Å²) >= 11 is 5.86. The number of hydrogen-bond acceptors (Lipinski definition) is 5. The molecule has 182 valence electrons. The van der Waals surface area contributed by atoms with E-state index in [9.17, 15) is 9.90 Å². The van der Waals surface area contributed by atoms with E-state index in [0.717, 1.165) is 22.8 Å². The number of ether oxygens (including phenoxy) is 2. The molecule has 1 aliphatic rings. The van der Waals surface area contributed by atoms with Crippen molar-refractivity contribution < 1.29 is 19.4 Å². The van der Waals surface area contributed by atoms with E-state index in [2.05, 4.69) is 10.3 Å². The Morgan fingerprint density at radius 1 is 1.03 bits per heavy atom. The maximum Gasteiger partial charge on any atom is 0.335 e. The van der Waals surface area contributed by atoms with Crippen LogP contribution in [0.1, 0.15) is 33.8 Å². The molecule has 2 atom stereocenters. The van der Waals surface area contributed by atoms with Gasteiger partial charge in [0, 0.05) is 29.8 Å². The maximum atomic E-state index is 11.4. The lowest BCUT2D eigenvalue weighted by Crippen LogP contribution is -2.30. The lowest BCUT2D eigenvalue weighted by atomic mass is 10.0. The van der Waals surface area contributed by atoms with E-state index in [-0.39, 0.29) is 17.6 Å². The molecule has 0 unspecified atom stereocenters. The number of carboxylic acid groups (broad SMARTS) is 1. The van der Waals surface area contributed by atoms with Crippen LogP contribution in [0.5, 0.6) is 11.5 Å². The first-order chi connectivity index (χ1) is 17.5. The number of nitrogens with one attached hydrogen (secondary N) is 1. The van der Waals surface area contributed by atoms with Gasteiger partial charge in [-0.05, 0) is 72.9 Å². The average molecular weight is 501 g/mol. The first-order valence-electron chi connectivity index (χ1n) is 11.3. The highest BCUT2D eigenvalue weighted by atomic mass is 32.1. The summed E-state index contributed by atoms with van der Waals surface area (Å²) in [6.45, 7) is 0. The van der Waals surface area contributed by atoms with Gasteiger partial charge in [0.25, 0.3) is 0 Å². The summed E-state index contributed by atoms with van der Waals surface area (Å²) in [5.74, 6) is 0.356. The molecule has 9 heteroatoms. The van der Waals surface area contributed by atoms with Gasteiger partial charge in [0.1, 0.15) is 17.5 Å². The quantitative estimate of drug-likeness (QED) is 0.351. The number of aromatic nitrogens is 2. The number of aromatic carboxylic acids is 1. The SMILES string of the molecule is COc1ccc(OC)c(N2C(=S)N[C@H](c3ccccn3)[C@H]2c2cccn2-c2ccc(C(=O)O)cc2)c1. The summed E-state index contributed by atoms with van der Waals surface area (Å²) in [5, 5.41) is 13.3. The van der Waals surface area contributed by atoms with E-state index in [1.807, 2.05) is 64.2 Å². The number of rotatable bonds is 7. The van der Waals surface area contributed by atoms with Crippen LogP contribution in [0.2, 0.25) is 0 Å². The largest absolute Gasteiger partial charge is 0.497 e. The van der Waals surface area contributed by atoms with Crippen LogP contribution >= 0.6 is 12.2 Å². The average Bonchev–Trinajstić information content (AvgIpc) is 3.53. The molecule has 3 heterocycles. The molecule has 0 bridgehead atoms. The Labute approximate surface area is 213 Å². The van der Waals surface area contributed by atoms with E-state index < -0.39 is 5.97 Å². The smallest absolute Gasteiger partial charge is 0.335 e. The number of hydrogen-bond donors (Lipinski definition) is 2. The van der Waals surface area contributed by atoms with Gasteiger partial charge in [-0.2, -0.15) is 0 Å². The second-order valence-electron chi connectivity index (χ2n) is 8.19. The van der Waals surface area contributed by atoms with E-state index in [1.54, 1.807) is 44.7 Å². The molecule has 2 aromatic heterocycles. The van der Waals surface area contributed by atoms with E-state index in [0.29, 0.717) is 16.6 Å². The van der Waals surface area contributed by atoms with Crippen LogP contribution in [0.3, 0.4) is 0 Å². The molecule has 36 heavy (non-hydrogen) atoms. The number of anilines is 1. The van der Waals surface area contributed by atoms with Crippen molar-refractivity contribution in [2.75, 3.05) is 19.1 Å². The zero-order chi connectivity index (χ0) is 25.2.